The molecule has 3 heterocycles. The molecule has 0 radical (unpaired) electrons. The van der Waals surface area contributed by atoms with Crippen molar-refractivity contribution in [1.29, 1.82) is 0 Å². The molecule has 0 amide bonds. The Bertz CT molecular complexity index is 400. The van der Waals surface area contributed by atoms with Crippen LogP contribution in [-0.2, 0) is 4.74 Å². The van der Waals surface area contributed by atoms with Gasteiger partial charge in [0.25, 0.3) is 0 Å². The van der Waals surface area contributed by atoms with Crippen LogP contribution in [0.25, 0.3) is 0 Å². The van der Waals surface area contributed by atoms with Gasteiger partial charge in [-0.05, 0) is 18.6 Å². The Morgan fingerprint density at radius 2 is 2.12 bits per heavy atom. The van der Waals surface area contributed by atoms with Crippen LogP contribution in [0.3, 0.4) is 0 Å². The van der Waals surface area contributed by atoms with Crippen LogP contribution in [0.15, 0.2) is 12.3 Å². The summed E-state index contributed by atoms with van der Waals surface area (Å²) in [6.07, 6.45) is 1.83. The second-order valence-corrected chi connectivity index (χ2v) is 5.11. The van der Waals surface area contributed by atoms with E-state index in [0.717, 1.165) is 54.5 Å². The first-order valence-electron chi connectivity index (χ1n) is 5.69. The lowest BCUT2D eigenvalue weighted by atomic mass is 9.84. The Kier molecular flexibility index (Phi) is 2.52. The number of hydrogen-bond donors (Lipinski definition) is 0. The Labute approximate surface area is 100 Å². The molecule has 4 heteroatoms. The minimum absolute atomic E-state index is 0.764. The molecular weight excluding hydrogens is 224 g/mol. The Morgan fingerprint density at radius 1 is 1.38 bits per heavy atom. The van der Waals surface area contributed by atoms with E-state index < -0.39 is 0 Å². The van der Waals surface area contributed by atoms with Crippen molar-refractivity contribution < 1.29 is 4.74 Å². The van der Waals surface area contributed by atoms with E-state index in [2.05, 4.69) is 9.88 Å². The fraction of sp³-hybridized carbons (Fsp3) is 0.583. The van der Waals surface area contributed by atoms with Gasteiger partial charge in [0.2, 0.25) is 0 Å². The van der Waals surface area contributed by atoms with E-state index in [0.29, 0.717) is 0 Å². The van der Waals surface area contributed by atoms with Crippen LogP contribution in [0.5, 0.6) is 0 Å². The number of aryl methyl sites for hydroxylation is 1. The number of hydrogen-bond acceptors (Lipinski definition) is 3. The SMILES string of the molecule is Cc1ccnc(N2CC(C3COC3)C2)c1Cl. The monoisotopic (exact) mass is 238 g/mol. The predicted molar refractivity (Wildman–Crippen MR) is 64.0 cm³/mol. The Morgan fingerprint density at radius 3 is 2.75 bits per heavy atom. The first-order valence-corrected chi connectivity index (χ1v) is 6.07. The van der Waals surface area contributed by atoms with Crippen LogP contribution in [0.1, 0.15) is 5.56 Å². The number of anilines is 1. The van der Waals surface area contributed by atoms with Gasteiger partial charge >= 0.3 is 0 Å². The van der Waals surface area contributed by atoms with Crippen LogP contribution >= 0.6 is 11.6 Å². The van der Waals surface area contributed by atoms with Crippen molar-refractivity contribution in [3.63, 3.8) is 0 Å². The first kappa shape index (κ1) is 10.4. The minimum atomic E-state index is 0.764. The van der Waals surface area contributed by atoms with Gasteiger partial charge in [0, 0.05) is 31.1 Å². The number of rotatable bonds is 2. The molecule has 1 aromatic heterocycles. The van der Waals surface area contributed by atoms with Crippen molar-refractivity contribution in [2.24, 2.45) is 11.8 Å². The van der Waals surface area contributed by atoms with Crippen molar-refractivity contribution in [1.82, 2.24) is 4.98 Å². The lowest BCUT2D eigenvalue weighted by Gasteiger charge is -2.47. The van der Waals surface area contributed by atoms with Crippen molar-refractivity contribution in [3.8, 4) is 0 Å². The lowest BCUT2D eigenvalue weighted by molar-refractivity contribution is -0.0660. The molecule has 2 saturated heterocycles. The number of nitrogens with zero attached hydrogens (tertiary/aromatic N) is 2. The lowest BCUT2D eigenvalue weighted by Crippen LogP contribution is -2.54. The Hall–Kier alpha value is -0.800. The molecule has 0 aliphatic carbocycles. The average Bonchev–Trinajstić information content (AvgIpc) is 2.13. The van der Waals surface area contributed by atoms with Gasteiger partial charge in [0.1, 0.15) is 5.82 Å². The molecule has 0 unspecified atom stereocenters. The summed E-state index contributed by atoms with van der Waals surface area (Å²) in [5, 5.41) is 0.797. The second kappa shape index (κ2) is 3.90. The normalized spacial score (nSPS) is 21.8. The average molecular weight is 239 g/mol. The van der Waals surface area contributed by atoms with Gasteiger partial charge in [-0.25, -0.2) is 4.98 Å². The number of aromatic nitrogens is 1. The van der Waals surface area contributed by atoms with Crippen LogP contribution < -0.4 is 4.90 Å². The van der Waals surface area contributed by atoms with Gasteiger partial charge in [-0.2, -0.15) is 0 Å². The van der Waals surface area contributed by atoms with Crippen molar-refractivity contribution in [2.45, 2.75) is 6.92 Å². The van der Waals surface area contributed by atoms with Crippen LogP contribution in [-0.4, -0.2) is 31.3 Å². The third-order valence-corrected chi connectivity index (χ3v) is 4.07. The topological polar surface area (TPSA) is 25.4 Å². The molecule has 2 aliphatic rings. The van der Waals surface area contributed by atoms with Gasteiger partial charge in [0.05, 0.1) is 18.2 Å². The van der Waals surface area contributed by atoms with E-state index in [-0.39, 0.29) is 0 Å². The van der Waals surface area contributed by atoms with Crippen LogP contribution in [0.4, 0.5) is 5.82 Å². The minimum Gasteiger partial charge on any atom is -0.381 e. The summed E-state index contributed by atoms with van der Waals surface area (Å²) in [7, 11) is 0. The maximum Gasteiger partial charge on any atom is 0.147 e. The highest BCUT2D eigenvalue weighted by atomic mass is 35.5. The van der Waals surface area contributed by atoms with Gasteiger partial charge in [-0.3, -0.25) is 0 Å². The zero-order valence-corrected chi connectivity index (χ0v) is 10.1. The van der Waals surface area contributed by atoms with Gasteiger partial charge in [-0.15, -0.1) is 0 Å². The largest absolute Gasteiger partial charge is 0.381 e. The summed E-state index contributed by atoms with van der Waals surface area (Å²) in [5.74, 6) is 2.48. The standard InChI is InChI=1S/C12H15ClN2O/c1-8-2-3-14-12(11(8)13)15-4-9(5-15)10-6-16-7-10/h2-3,9-10H,4-7H2,1H3. The first-order chi connectivity index (χ1) is 7.75. The molecule has 0 atom stereocenters. The smallest absolute Gasteiger partial charge is 0.147 e. The summed E-state index contributed by atoms with van der Waals surface area (Å²) in [6.45, 7) is 6.04. The van der Waals surface area contributed by atoms with Crippen LogP contribution in [0, 0.1) is 18.8 Å². The maximum absolute atomic E-state index is 6.25. The van der Waals surface area contributed by atoms with E-state index in [1.54, 1.807) is 0 Å². The van der Waals surface area contributed by atoms with E-state index in [1.165, 1.54) is 0 Å². The molecule has 3 nitrogen and oxygen atoms in total. The number of halogens is 1. The molecule has 86 valence electrons. The summed E-state index contributed by atoms with van der Waals surface area (Å²) in [4.78, 5) is 6.62. The van der Waals surface area contributed by atoms with Crippen LogP contribution in [0.2, 0.25) is 5.02 Å². The molecule has 0 spiro atoms. The summed E-state index contributed by atoms with van der Waals surface area (Å²) < 4.78 is 5.22. The molecule has 2 fully saturated rings. The molecule has 3 rings (SSSR count). The molecule has 1 aromatic rings. The molecule has 2 aliphatic heterocycles. The zero-order chi connectivity index (χ0) is 11.1. The van der Waals surface area contributed by atoms with Crippen molar-refractivity contribution in [2.75, 3.05) is 31.2 Å². The highest BCUT2D eigenvalue weighted by Crippen LogP contribution is 2.35. The van der Waals surface area contributed by atoms with Gasteiger partial charge in [0.15, 0.2) is 0 Å². The number of pyridine rings is 1. The highest BCUT2D eigenvalue weighted by Gasteiger charge is 2.38. The van der Waals surface area contributed by atoms with Gasteiger partial charge in [-0.1, -0.05) is 11.6 Å². The van der Waals surface area contributed by atoms with Crippen molar-refractivity contribution in [3.05, 3.63) is 22.8 Å². The zero-order valence-electron chi connectivity index (χ0n) is 9.32. The fourth-order valence-corrected chi connectivity index (χ4v) is 2.49. The van der Waals surface area contributed by atoms with Gasteiger partial charge < -0.3 is 9.64 Å². The van der Waals surface area contributed by atoms with Crippen molar-refractivity contribution >= 4 is 17.4 Å². The molecule has 0 aromatic carbocycles. The molecule has 0 saturated carbocycles. The summed E-state index contributed by atoms with van der Waals surface area (Å²) in [6, 6.07) is 1.95. The third-order valence-electron chi connectivity index (χ3n) is 3.60. The Balaban J connectivity index is 1.68. The second-order valence-electron chi connectivity index (χ2n) is 4.73. The number of ether oxygens (including phenoxy) is 1. The quantitative estimate of drug-likeness (QED) is 0.789. The van der Waals surface area contributed by atoms with E-state index in [1.807, 2.05) is 19.2 Å². The predicted octanol–water partition coefficient (Wildman–Crippen LogP) is 2.13. The van der Waals surface area contributed by atoms with E-state index >= 15 is 0 Å². The van der Waals surface area contributed by atoms with E-state index in [9.17, 15) is 0 Å². The molecule has 16 heavy (non-hydrogen) atoms. The molecule has 0 N–H and O–H groups in total. The maximum atomic E-state index is 6.25. The highest BCUT2D eigenvalue weighted by molar-refractivity contribution is 6.33. The summed E-state index contributed by atoms with van der Waals surface area (Å²) >= 11 is 6.25. The molecule has 0 bridgehead atoms. The molecular formula is C12H15ClN2O. The summed E-state index contributed by atoms with van der Waals surface area (Å²) in [5.41, 5.74) is 1.10. The van der Waals surface area contributed by atoms with E-state index in [4.69, 9.17) is 16.3 Å². The third kappa shape index (κ3) is 1.59. The fourth-order valence-electron chi connectivity index (χ4n) is 2.26.